The van der Waals surface area contributed by atoms with E-state index in [0.29, 0.717) is 32.1 Å². The molecule has 31 heavy (non-hydrogen) atoms. The molecule has 8 heteroatoms. The van der Waals surface area contributed by atoms with E-state index >= 15 is 0 Å². The fraction of sp³-hybridized carbons (Fsp3) is 0.261. The third kappa shape index (κ3) is 5.01. The van der Waals surface area contributed by atoms with Gasteiger partial charge in [0, 0.05) is 42.5 Å². The van der Waals surface area contributed by atoms with Crippen LogP contribution < -0.4 is 10.2 Å². The van der Waals surface area contributed by atoms with Gasteiger partial charge in [-0.1, -0.05) is 41.7 Å². The van der Waals surface area contributed by atoms with Crippen LogP contribution in [-0.4, -0.2) is 43.5 Å². The van der Waals surface area contributed by atoms with Crippen molar-refractivity contribution in [3.63, 3.8) is 0 Å². The Bertz CT molecular complexity index is 1090. The van der Waals surface area contributed by atoms with E-state index in [0.717, 1.165) is 38.4 Å². The van der Waals surface area contributed by atoms with Gasteiger partial charge < -0.3 is 19.5 Å². The Labute approximate surface area is 196 Å². The number of furan rings is 1. The lowest BCUT2D eigenvalue weighted by Crippen LogP contribution is -2.46. The molecule has 2 aromatic carbocycles. The van der Waals surface area contributed by atoms with E-state index < -0.39 is 0 Å². The van der Waals surface area contributed by atoms with Crippen LogP contribution in [0.25, 0.3) is 11.3 Å². The second-order valence-corrected chi connectivity index (χ2v) is 8.58. The molecule has 5 nitrogen and oxygen atoms in total. The van der Waals surface area contributed by atoms with Gasteiger partial charge in [-0.25, -0.2) is 0 Å². The number of benzene rings is 2. The highest BCUT2D eigenvalue weighted by molar-refractivity contribution is 6.35. The number of hydrogen-bond donors (Lipinski definition) is 1. The van der Waals surface area contributed by atoms with Crippen LogP contribution in [0.15, 0.2) is 52.9 Å². The molecule has 0 aliphatic carbocycles. The first kappa shape index (κ1) is 22.0. The summed E-state index contributed by atoms with van der Waals surface area (Å²) in [6.07, 6.45) is 0. The standard InChI is InChI=1S/C23H22Cl3N3O2/c1-2-28-9-11-29(12-10-28)20-6-4-16(14-19(20)26)27-23(30)22-8-7-21(31-22)17-13-15(24)3-5-18(17)25/h3-8,13-14H,2,9-12H2,1H3,(H,27,30). The summed E-state index contributed by atoms with van der Waals surface area (Å²) in [5.41, 5.74) is 2.21. The Hall–Kier alpha value is -2.18. The molecule has 1 amide bonds. The van der Waals surface area contributed by atoms with Crippen LogP contribution in [0.3, 0.4) is 0 Å². The Morgan fingerprint density at radius 3 is 2.45 bits per heavy atom. The molecule has 0 saturated carbocycles. The highest BCUT2D eigenvalue weighted by atomic mass is 35.5. The second-order valence-electron chi connectivity index (χ2n) is 7.33. The molecule has 0 radical (unpaired) electrons. The Kier molecular flexibility index (Phi) is 6.77. The number of nitrogens with zero attached hydrogens (tertiary/aromatic N) is 2. The number of anilines is 2. The van der Waals surface area contributed by atoms with Crippen molar-refractivity contribution in [3.05, 3.63) is 69.4 Å². The van der Waals surface area contributed by atoms with Gasteiger partial charge in [-0.2, -0.15) is 0 Å². The van der Waals surface area contributed by atoms with Crippen molar-refractivity contribution in [1.82, 2.24) is 4.90 Å². The summed E-state index contributed by atoms with van der Waals surface area (Å²) in [6.45, 7) is 7.13. The monoisotopic (exact) mass is 477 g/mol. The Morgan fingerprint density at radius 1 is 0.968 bits per heavy atom. The first-order valence-corrected chi connectivity index (χ1v) is 11.2. The maximum Gasteiger partial charge on any atom is 0.291 e. The highest BCUT2D eigenvalue weighted by Gasteiger charge is 2.19. The maximum atomic E-state index is 12.7. The topological polar surface area (TPSA) is 48.7 Å². The number of carbonyl (C=O) groups excluding carboxylic acids is 1. The third-order valence-corrected chi connectivity index (χ3v) is 6.26. The minimum atomic E-state index is -0.371. The molecular formula is C23H22Cl3N3O2. The lowest BCUT2D eigenvalue weighted by molar-refractivity contribution is 0.0997. The van der Waals surface area contributed by atoms with Crippen molar-refractivity contribution in [2.45, 2.75) is 6.92 Å². The molecule has 1 aliphatic heterocycles. The smallest absolute Gasteiger partial charge is 0.291 e. The van der Waals surface area contributed by atoms with Crippen molar-refractivity contribution in [2.24, 2.45) is 0 Å². The summed E-state index contributed by atoms with van der Waals surface area (Å²) in [6, 6.07) is 13.9. The SMILES string of the molecule is CCN1CCN(c2ccc(NC(=O)c3ccc(-c4cc(Cl)ccc4Cl)o3)cc2Cl)CC1. The van der Waals surface area contributed by atoms with Crippen LogP contribution >= 0.6 is 34.8 Å². The van der Waals surface area contributed by atoms with Gasteiger partial charge in [0.25, 0.3) is 5.91 Å². The quantitative estimate of drug-likeness (QED) is 0.467. The van der Waals surface area contributed by atoms with Crippen molar-refractivity contribution in [3.8, 4) is 11.3 Å². The van der Waals surface area contributed by atoms with Crippen LogP contribution in [-0.2, 0) is 0 Å². The Balaban J connectivity index is 1.45. The number of halogens is 3. The minimum absolute atomic E-state index is 0.168. The van der Waals surface area contributed by atoms with E-state index in [1.807, 2.05) is 12.1 Å². The van der Waals surface area contributed by atoms with Crippen molar-refractivity contribution in [1.29, 1.82) is 0 Å². The van der Waals surface area contributed by atoms with Gasteiger partial charge >= 0.3 is 0 Å². The number of carbonyl (C=O) groups is 1. The number of hydrogen-bond acceptors (Lipinski definition) is 4. The Morgan fingerprint density at radius 2 is 1.74 bits per heavy atom. The average Bonchev–Trinajstić information content (AvgIpc) is 3.26. The van der Waals surface area contributed by atoms with E-state index in [2.05, 4.69) is 22.0 Å². The molecule has 0 bridgehead atoms. The van der Waals surface area contributed by atoms with Gasteiger partial charge in [0.2, 0.25) is 0 Å². The molecule has 1 saturated heterocycles. The predicted octanol–water partition coefficient (Wildman–Crippen LogP) is 6.30. The van der Waals surface area contributed by atoms with E-state index in [4.69, 9.17) is 39.2 Å². The van der Waals surface area contributed by atoms with Crippen LogP contribution in [0.5, 0.6) is 0 Å². The van der Waals surface area contributed by atoms with E-state index in [1.165, 1.54) is 0 Å². The van der Waals surface area contributed by atoms with Crippen LogP contribution in [0, 0.1) is 0 Å². The first-order chi connectivity index (χ1) is 14.9. The molecule has 2 heterocycles. The largest absolute Gasteiger partial charge is 0.451 e. The molecule has 1 aromatic heterocycles. The molecule has 0 unspecified atom stereocenters. The summed E-state index contributed by atoms with van der Waals surface area (Å²) >= 11 is 18.8. The fourth-order valence-corrected chi connectivity index (χ4v) is 4.31. The number of piperazine rings is 1. The summed E-state index contributed by atoms with van der Waals surface area (Å²) in [5, 5.41) is 4.47. The van der Waals surface area contributed by atoms with Gasteiger partial charge in [0.05, 0.1) is 15.7 Å². The zero-order chi connectivity index (χ0) is 22.0. The molecule has 1 aliphatic rings. The van der Waals surface area contributed by atoms with Gasteiger partial charge in [0.1, 0.15) is 5.76 Å². The average molecular weight is 479 g/mol. The van der Waals surface area contributed by atoms with E-state index in [-0.39, 0.29) is 11.7 Å². The molecule has 162 valence electrons. The van der Waals surface area contributed by atoms with Gasteiger partial charge in [-0.3, -0.25) is 4.79 Å². The molecule has 1 fully saturated rings. The van der Waals surface area contributed by atoms with Crippen molar-refractivity contribution < 1.29 is 9.21 Å². The van der Waals surface area contributed by atoms with E-state index in [1.54, 1.807) is 36.4 Å². The summed E-state index contributed by atoms with van der Waals surface area (Å²) in [7, 11) is 0. The molecule has 0 atom stereocenters. The third-order valence-electron chi connectivity index (χ3n) is 5.39. The number of rotatable bonds is 5. The van der Waals surface area contributed by atoms with Crippen LogP contribution in [0.4, 0.5) is 11.4 Å². The summed E-state index contributed by atoms with van der Waals surface area (Å²) < 4.78 is 5.71. The number of amides is 1. The summed E-state index contributed by atoms with van der Waals surface area (Å²) in [5.74, 6) is 0.268. The van der Waals surface area contributed by atoms with Crippen LogP contribution in [0.2, 0.25) is 15.1 Å². The zero-order valence-corrected chi connectivity index (χ0v) is 19.3. The molecule has 3 aromatic rings. The van der Waals surface area contributed by atoms with Crippen molar-refractivity contribution in [2.75, 3.05) is 42.9 Å². The first-order valence-electron chi connectivity index (χ1n) is 10.1. The van der Waals surface area contributed by atoms with Gasteiger partial charge in [-0.05, 0) is 55.1 Å². The molecule has 4 rings (SSSR count). The van der Waals surface area contributed by atoms with Crippen LogP contribution in [0.1, 0.15) is 17.5 Å². The van der Waals surface area contributed by atoms with Crippen molar-refractivity contribution >= 4 is 52.1 Å². The number of likely N-dealkylation sites (N-methyl/N-ethyl adjacent to an activating group) is 1. The molecule has 0 spiro atoms. The van der Waals surface area contributed by atoms with Gasteiger partial charge in [0.15, 0.2) is 5.76 Å². The number of nitrogens with one attached hydrogen (secondary N) is 1. The molecule has 1 N–H and O–H groups in total. The highest BCUT2D eigenvalue weighted by Crippen LogP contribution is 2.33. The predicted molar refractivity (Wildman–Crippen MR) is 128 cm³/mol. The minimum Gasteiger partial charge on any atom is -0.451 e. The normalized spacial score (nSPS) is 14.6. The maximum absolute atomic E-state index is 12.7. The lowest BCUT2D eigenvalue weighted by atomic mass is 10.2. The van der Waals surface area contributed by atoms with E-state index in [9.17, 15) is 4.79 Å². The summed E-state index contributed by atoms with van der Waals surface area (Å²) in [4.78, 5) is 17.3. The second kappa shape index (κ2) is 9.53. The van der Waals surface area contributed by atoms with Gasteiger partial charge in [-0.15, -0.1) is 0 Å². The zero-order valence-electron chi connectivity index (χ0n) is 17.0. The fourth-order valence-electron chi connectivity index (χ4n) is 3.63. The molecular weight excluding hydrogens is 457 g/mol. The lowest BCUT2D eigenvalue weighted by Gasteiger charge is -2.36.